The van der Waals surface area contributed by atoms with Gasteiger partial charge in [-0.2, -0.15) is 0 Å². The van der Waals surface area contributed by atoms with Crippen LogP contribution in [0.3, 0.4) is 0 Å². The lowest BCUT2D eigenvalue weighted by Gasteiger charge is -2.11. The summed E-state index contributed by atoms with van der Waals surface area (Å²) in [5.41, 5.74) is -0.576. The van der Waals surface area contributed by atoms with Crippen molar-refractivity contribution in [2.75, 3.05) is 19.0 Å². The van der Waals surface area contributed by atoms with Crippen molar-refractivity contribution in [2.45, 2.75) is 0 Å². The van der Waals surface area contributed by atoms with Gasteiger partial charge in [-0.1, -0.05) is 11.3 Å². The predicted molar refractivity (Wildman–Crippen MR) is 58.9 cm³/mol. The van der Waals surface area contributed by atoms with Crippen LogP contribution in [-0.4, -0.2) is 47.3 Å². The largest absolute Gasteiger partial charge is 0.477 e. The Bertz CT molecular complexity index is 452. The second-order valence-electron chi connectivity index (χ2n) is 2.90. The molecule has 0 saturated heterocycles. The van der Waals surface area contributed by atoms with Gasteiger partial charge in [0.2, 0.25) is 0 Å². The molecule has 0 aliphatic heterocycles. The maximum atomic E-state index is 11.3. The molecule has 2 amide bonds. The van der Waals surface area contributed by atoms with E-state index in [1.165, 1.54) is 14.1 Å². The van der Waals surface area contributed by atoms with E-state index in [0.29, 0.717) is 11.3 Å². The van der Waals surface area contributed by atoms with Crippen LogP contribution in [-0.2, 0) is 0 Å². The summed E-state index contributed by atoms with van der Waals surface area (Å²) in [4.78, 5) is 37.0. The van der Waals surface area contributed by atoms with Crippen molar-refractivity contribution in [1.29, 1.82) is 0 Å². The summed E-state index contributed by atoms with van der Waals surface area (Å²) < 4.78 is 0. The number of urea groups is 1. The quantitative estimate of drug-likeness (QED) is 0.718. The molecule has 8 nitrogen and oxygen atoms in total. The zero-order valence-corrected chi connectivity index (χ0v) is 9.74. The Kier molecular flexibility index (Phi) is 3.63. The van der Waals surface area contributed by atoms with Gasteiger partial charge in [0.25, 0.3) is 0 Å². The molecule has 0 spiro atoms. The van der Waals surface area contributed by atoms with E-state index in [1.807, 2.05) is 0 Å². The molecule has 0 unspecified atom stereocenters. The van der Waals surface area contributed by atoms with Crippen molar-refractivity contribution in [2.24, 2.45) is 0 Å². The van der Waals surface area contributed by atoms with E-state index in [1.54, 1.807) is 0 Å². The molecule has 9 heteroatoms. The maximum absolute atomic E-state index is 11.3. The van der Waals surface area contributed by atoms with Gasteiger partial charge in [-0.15, -0.1) is 0 Å². The van der Waals surface area contributed by atoms with Gasteiger partial charge in [0.05, 0.1) is 0 Å². The van der Waals surface area contributed by atoms with Crippen molar-refractivity contribution >= 4 is 34.4 Å². The van der Waals surface area contributed by atoms with Crippen LogP contribution in [0.1, 0.15) is 20.2 Å². The van der Waals surface area contributed by atoms with E-state index in [4.69, 9.17) is 10.2 Å². The van der Waals surface area contributed by atoms with Crippen LogP contribution < -0.4 is 10.2 Å². The Hall–Kier alpha value is -2.16. The molecule has 1 rings (SSSR count). The number of thiazole rings is 1. The number of hydrogen-bond donors (Lipinski definition) is 3. The number of carboxylic acids is 2. The zero-order valence-electron chi connectivity index (χ0n) is 8.92. The topological polar surface area (TPSA) is 120 Å². The number of aromatic carboxylic acids is 2. The fourth-order valence-corrected chi connectivity index (χ4v) is 1.85. The average molecular weight is 259 g/mol. The molecule has 1 aromatic heterocycles. The fraction of sp³-hybridized carbons (Fsp3) is 0.250. The van der Waals surface area contributed by atoms with Gasteiger partial charge in [-0.3, -0.25) is 4.90 Å². The monoisotopic (exact) mass is 259 g/mol. The normalized spacial score (nSPS) is 9.76. The minimum atomic E-state index is -1.45. The molecule has 92 valence electrons. The number of carboxylic acid groups (broad SMARTS) is 2. The molecular weight excluding hydrogens is 250 g/mol. The van der Waals surface area contributed by atoms with Crippen molar-refractivity contribution < 1.29 is 24.6 Å². The van der Waals surface area contributed by atoms with Gasteiger partial charge in [0.15, 0.2) is 10.8 Å². The first kappa shape index (κ1) is 12.9. The third-order valence-electron chi connectivity index (χ3n) is 1.82. The fourth-order valence-electron chi connectivity index (χ4n) is 0.997. The summed E-state index contributed by atoms with van der Waals surface area (Å²) in [7, 11) is 2.75. The van der Waals surface area contributed by atoms with Crippen LogP contribution in [0.2, 0.25) is 0 Å². The Balaban J connectivity index is 3.21. The lowest BCUT2D eigenvalue weighted by molar-refractivity contribution is 0.0651. The van der Waals surface area contributed by atoms with Gasteiger partial charge in [-0.25, -0.2) is 19.4 Å². The lowest BCUT2D eigenvalue weighted by Crippen LogP contribution is -2.34. The first-order valence-electron chi connectivity index (χ1n) is 4.31. The van der Waals surface area contributed by atoms with Crippen molar-refractivity contribution in [3.63, 3.8) is 0 Å². The third-order valence-corrected chi connectivity index (χ3v) is 2.94. The number of hydrogen-bond acceptors (Lipinski definition) is 5. The van der Waals surface area contributed by atoms with Crippen LogP contribution in [0.4, 0.5) is 9.93 Å². The minimum absolute atomic E-state index is 0.000787. The van der Waals surface area contributed by atoms with Crippen molar-refractivity contribution in [1.82, 2.24) is 10.3 Å². The van der Waals surface area contributed by atoms with Crippen LogP contribution in [0, 0.1) is 0 Å². The maximum Gasteiger partial charge on any atom is 0.356 e. The number of carbonyl (C=O) groups is 3. The van der Waals surface area contributed by atoms with Gasteiger partial charge < -0.3 is 15.5 Å². The highest BCUT2D eigenvalue weighted by molar-refractivity contribution is 7.17. The van der Waals surface area contributed by atoms with Crippen molar-refractivity contribution in [3.8, 4) is 0 Å². The molecule has 0 fully saturated rings. The number of anilines is 1. The lowest BCUT2D eigenvalue weighted by atomic mass is 10.4. The Morgan fingerprint density at radius 2 is 1.88 bits per heavy atom. The molecule has 0 aromatic carbocycles. The van der Waals surface area contributed by atoms with Gasteiger partial charge in [0, 0.05) is 14.1 Å². The molecule has 0 saturated carbocycles. The van der Waals surface area contributed by atoms with Crippen LogP contribution in [0.25, 0.3) is 0 Å². The smallest absolute Gasteiger partial charge is 0.356 e. The number of nitrogens with one attached hydrogen (secondary N) is 1. The number of amides is 2. The highest BCUT2D eigenvalue weighted by Gasteiger charge is 2.25. The molecule has 0 atom stereocenters. The van der Waals surface area contributed by atoms with E-state index in [-0.39, 0.29) is 5.13 Å². The van der Waals surface area contributed by atoms with Gasteiger partial charge in [-0.05, 0) is 0 Å². The first-order valence-corrected chi connectivity index (χ1v) is 5.13. The van der Waals surface area contributed by atoms with Crippen LogP contribution >= 0.6 is 11.3 Å². The van der Waals surface area contributed by atoms with Gasteiger partial charge in [0.1, 0.15) is 4.88 Å². The Morgan fingerprint density at radius 3 is 2.24 bits per heavy atom. The van der Waals surface area contributed by atoms with E-state index >= 15 is 0 Å². The summed E-state index contributed by atoms with van der Waals surface area (Å²) in [5.74, 6) is -2.84. The summed E-state index contributed by atoms with van der Waals surface area (Å²) in [6.45, 7) is 0. The summed E-state index contributed by atoms with van der Waals surface area (Å²) in [6, 6.07) is -0.521. The molecule has 1 aromatic rings. The van der Waals surface area contributed by atoms with Crippen molar-refractivity contribution in [3.05, 3.63) is 10.6 Å². The number of rotatable bonds is 3. The van der Waals surface area contributed by atoms with E-state index < -0.39 is 28.5 Å². The second kappa shape index (κ2) is 4.78. The molecule has 1 heterocycles. The Morgan fingerprint density at radius 1 is 1.29 bits per heavy atom. The number of carbonyl (C=O) groups excluding carboxylic acids is 1. The van der Waals surface area contributed by atoms with E-state index in [2.05, 4.69) is 10.3 Å². The highest BCUT2D eigenvalue weighted by Crippen LogP contribution is 2.25. The van der Waals surface area contributed by atoms with Gasteiger partial charge >= 0.3 is 18.0 Å². The molecule has 0 bridgehead atoms. The summed E-state index contributed by atoms with van der Waals surface area (Å²) >= 11 is 0.621. The molecule has 0 aliphatic rings. The molecule has 17 heavy (non-hydrogen) atoms. The minimum Gasteiger partial charge on any atom is -0.477 e. The van der Waals surface area contributed by atoms with E-state index in [9.17, 15) is 14.4 Å². The first-order chi connectivity index (χ1) is 7.88. The second-order valence-corrected chi connectivity index (χ2v) is 3.88. The molecule has 0 aliphatic carbocycles. The van der Waals surface area contributed by atoms with E-state index in [0.717, 1.165) is 4.90 Å². The number of aromatic nitrogens is 1. The SMILES string of the molecule is CNC(=O)N(C)c1nc(C(=O)O)c(C(=O)O)s1. The number of nitrogens with zero attached hydrogens (tertiary/aromatic N) is 2. The standard InChI is InChI=1S/C8H9N3O5S/c1-9-7(16)11(2)8-10-3(5(12)13)4(17-8)6(14)15/h1-2H3,(H,9,16)(H,12,13)(H,14,15). The Labute approximate surface area is 99.5 Å². The average Bonchev–Trinajstić information content (AvgIpc) is 2.71. The molecule has 0 radical (unpaired) electrons. The highest BCUT2D eigenvalue weighted by atomic mass is 32.1. The van der Waals surface area contributed by atoms with Crippen LogP contribution in [0.5, 0.6) is 0 Å². The predicted octanol–water partition coefficient (Wildman–Crippen LogP) is 0.315. The summed E-state index contributed by atoms with van der Waals surface area (Å²) in [6.07, 6.45) is 0. The zero-order chi connectivity index (χ0) is 13.2. The third kappa shape index (κ3) is 2.50. The molecular formula is C8H9N3O5S. The summed E-state index contributed by atoms with van der Waals surface area (Å²) in [5, 5.41) is 19.9. The van der Waals surface area contributed by atoms with Crippen LogP contribution in [0.15, 0.2) is 0 Å². The molecule has 3 N–H and O–H groups in total.